The highest BCUT2D eigenvalue weighted by atomic mass is 16.3. The number of benzene rings is 1. The molecule has 0 atom stereocenters. The molecule has 0 aliphatic heterocycles. The second kappa shape index (κ2) is 4.34. The van der Waals surface area contributed by atoms with Gasteiger partial charge >= 0.3 is 0 Å². The Labute approximate surface area is 103 Å². The molecule has 0 heterocycles. The van der Waals surface area contributed by atoms with Crippen LogP contribution in [0.2, 0.25) is 0 Å². The Morgan fingerprint density at radius 1 is 1.12 bits per heavy atom. The average Bonchev–Trinajstić information content (AvgIpc) is 2.75. The van der Waals surface area contributed by atoms with E-state index in [1.807, 2.05) is 0 Å². The van der Waals surface area contributed by atoms with E-state index >= 15 is 0 Å². The highest BCUT2D eigenvalue weighted by Crippen LogP contribution is 2.40. The van der Waals surface area contributed by atoms with Gasteiger partial charge in [-0.25, -0.2) is 0 Å². The van der Waals surface area contributed by atoms with Crippen LogP contribution < -0.4 is 5.32 Å². The summed E-state index contributed by atoms with van der Waals surface area (Å²) in [4.78, 5) is 0. The van der Waals surface area contributed by atoms with E-state index in [0.717, 1.165) is 6.54 Å². The summed E-state index contributed by atoms with van der Waals surface area (Å²) in [7, 11) is 0. The van der Waals surface area contributed by atoms with Gasteiger partial charge in [-0.3, -0.25) is 0 Å². The molecule has 17 heavy (non-hydrogen) atoms. The van der Waals surface area contributed by atoms with Crippen molar-refractivity contribution in [1.82, 2.24) is 0 Å². The Morgan fingerprint density at radius 2 is 1.94 bits per heavy atom. The number of nitrogens with one attached hydrogen (secondary N) is 1. The Bertz CT molecular complexity index is 404. The van der Waals surface area contributed by atoms with Gasteiger partial charge in [0.25, 0.3) is 0 Å². The fraction of sp³-hybridized carbons (Fsp3) is 0.600. The smallest absolute Gasteiger partial charge is 0.0504 e. The van der Waals surface area contributed by atoms with Gasteiger partial charge in [-0.05, 0) is 55.4 Å². The SMILES string of the molecule is OCC1(CNc2ccc3c(c2)CCC3)CCC1. The van der Waals surface area contributed by atoms with Crippen LogP contribution in [0.1, 0.15) is 36.8 Å². The second-order valence-electron chi connectivity index (χ2n) is 5.70. The number of hydrogen-bond acceptors (Lipinski definition) is 2. The van der Waals surface area contributed by atoms with Crippen LogP contribution in [0.5, 0.6) is 0 Å². The number of hydrogen-bond donors (Lipinski definition) is 2. The number of aryl methyl sites for hydroxylation is 2. The molecule has 1 aromatic carbocycles. The molecule has 0 radical (unpaired) electrons. The minimum Gasteiger partial charge on any atom is -0.396 e. The lowest BCUT2D eigenvalue weighted by atomic mass is 9.69. The average molecular weight is 231 g/mol. The van der Waals surface area contributed by atoms with E-state index in [2.05, 4.69) is 23.5 Å². The van der Waals surface area contributed by atoms with Gasteiger partial charge in [0, 0.05) is 17.6 Å². The topological polar surface area (TPSA) is 32.3 Å². The molecule has 1 aromatic rings. The van der Waals surface area contributed by atoms with E-state index in [9.17, 15) is 5.11 Å². The lowest BCUT2D eigenvalue weighted by Crippen LogP contribution is -2.39. The van der Waals surface area contributed by atoms with Gasteiger partial charge < -0.3 is 10.4 Å². The maximum atomic E-state index is 9.43. The zero-order valence-electron chi connectivity index (χ0n) is 10.3. The molecule has 2 nitrogen and oxygen atoms in total. The van der Waals surface area contributed by atoms with E-state index in [1.54, 1.807) is 0 Å². The first kappa shape index (κ1) is 11.1. The maximum Gasteiger partial charge on any atom is 0.0504 e. The van der Waals surface area contributed by atoms with Gasteiger partial charge in [0.15, 0.2) is 0 Å². The van der Waals surface area contributed by atoms with Gasteiger partial charge in [0.05, 0.1) is 6.61 Å². The zero-order chi connectivity index (χ0) is 11.7. The van der Waals surface area contributed by atoms with Gasteiger partial charge in [-0.15, -0.1) is 0 Å². The van der Waals surface area contributed by atoms with Crippen molar-refractivity contribution in [2.24, 2.45) is 5.41 Å². The standard InChI is InChI=1S/C15H21NO/c17-11-15(7-2-8-15)10-16-14-6-5-12-3-1-4-13(12)9-14/h5-6,9,16-17H,1-4,7-8,10-11H2. The normalized spacial score (nSPS) is 20.8. The molecule has 2 aliphatic carbocycles. The summed E-state index contributed by atoms with van der Waals surface area (Å²) in [5.41, 5.74) is 4.43. The molecule has 2 N–H and O–H groups in total. The Balaban J connectivity index is 1.65. The minimum atomic E-state index is 0.166. The van der Waals surface area contributed by atoms with Crippen molar-refractivity contribution in [2.45, 2.75) is 38.5 Å². The first-order valence-corrected chi connectivity index (χ1v) is 6.78. The molecule has 0 amide bonds. The summed E-state index contributed by atoms with van der Waals surface area (Å²) in [6, 6.07) is 6.75. The molecule has 0 unspecified atom stereocenters. The van der Waals surface area contributed by atoms with E-state index in [1.165, 1.54) is 55.3 Å². The third-order valence-corrected chi connectivity index (χ3v) is 4.52. The minimum absolute atomic E-state index is 0.166. The Kier molecular flexibility index (Phi) is 2.83. The maximum absolute atomic E-state index is 9.43. The fourth-order valence-corrected chi connectivity index (χ4v) is 3.04. The van der Waals surface area contributed by atoms with Crippen LogP contribution in [0.3, 0.4) is 0 Å². The summed E-state index contributed by atoms with van der Waals surface area (Å²) in [5.74, 6) is 0. The van der Waals surface area contributed by atoms with Crippen molar-refractivity contribution in [1.29, 1.82) is 0 Å². The predicted molar refractivity (Wildman–Crippen MR) is 70.3 cm³/mol. The van der Waals surface area contributed by atoms with Crippen molar-refractivity contribution in [3.63, 3.8) is 0 Å². The fourth-order valence-electron chi connectivity index (χ4n) is 3.04. The van der Waals surface area contributed by atoms with Gasteiger partial charge in [0.1, 0.15) is 0 Å². The van der Waals surface area contributed by atoms with Crippen LogP contribution in [0, 0.1) is 5.41 Å². The first-order valence-electron chi connectivity index (χ1n) is 6.78. The van der Waals surface area contributed by atoms with Crippen LogP contribution in [0.4, 0.5) is 5.69 Å². The molecule has 1 fully saturated rings. The Morgan fingerprint density at radius 3 is 2.65 bits per heavy atom. The molecule has 0 aromatic heterocycles. The van der Waals surface area contributed by atoms with Crippen LogP contribution in [0.15, 0.2) is 18.2 Å². The summed E-state index contributed by atoms with van der Waals surface area (Å²) >= 11 is 0. The van der Waals surface area contributed by atoms with Crippen molar-refractivity contribution in [3.05, 3.63) is 29.3 Å². The molecule has 92 valence electrons. The molecule has 1 saturated carbocycles. The van der Waals surface area contributed by atoms with Crippen LogP contribution in [-0.4, -0.2) is 18.3 Å². The largest absolute Gasteiger partial charge is 0.396 e. The summed E-state index contributed by atoms with van der Waals surface area (Å²) < 4.78 is 0. The molecule has 3 rings (SSSR count). The number of rotatable bonds is 4. The zero-order valence-corrected chi connectivity index (χ0v) is 10.3. The monoisotopic (exact) mass is 231 g/mol. The van der Waals surface area contributed by atoms with Gasteiger partial charge in [0.2, 0.25) is 0 Å². The lowest BCUT2D eigenvalue weighted by molar-refractivity contribution is 0.0576. The van der Waals surface area contributed by atoms with Crippen molar-refractivity contribution >= 4 is 5.69 Å². The molecule has 2 aliphatic rings. The van der Waals surface area contributed by atoms with Gasteiger partial charge in [-0.1, -0.05) is 12.5 Å². The molecule has 0 spiro atoms. The predicted octanol–water partition coefficient (Wildman–Crippen LogP) is 2.75. The number of anilines is 1. The summed E-state index contributed by atoms with van der Waals surface area (Å²) in [6.07, 6.45) is 7.39. The molecule has 0 saturated heterocycles. The van der Waals surface area contributed by atoms with Crippen LogP contribution in [-0.2, 0) is 12.8 Å². The van der Waals surface area contributed by atoms with Crippen LogP contribution in [0.25, 0.3) is 0 Å². The van der Waals surface area contributed by atoms with Crippen LogP contribution >= 0.6 is 0 Å². The summed E-state index contributed by atoms with van der Waals surface area (Å²) in [5, 5.41) is 12.9. The first-order chi connectivity index (χ1) is 8.31. The highest BCUT2D eigenvalue weighted by molar-refractivity contribution is 5.50. The van der Waals surface area contributed by atoms with E-state index in [4.69, 9.17) is 0 Å². The molecular weight excluding hydrogens is 210 g/mol. The van der Waals surface area contributed by atoms with Gasteiger partial charge in [-0.2, -0.15) is 0 Å². The van der Waals surface area contributed by atoms with Crippen molar-refractivity contribution < 1.29 is 5.11 Å². The number of aliphatic hydroxyl groups excluding tert-OH is 1. The molecular formula is C15H21NO. The third kappa shape index (κ3) is 2.06. The molecule has 2 heteroatoms. The van der Waals surface area contributed by atoms with Crippen molar-refractivity contribution in [2.75, 3.05) is 18.5 Å². The van der Waals surface area contributed by atoms with Crippen molar-refractivity contribution in [3.8, 4) is 0 Å². The number of aliphatic hydroxyl groups is 1. The third-order valence-electron chi connectivity index (χ3n) is 4.52. The van der Waals surface area contributed by atoms with E-state index in [0.29, 0.717) is 6.61 Å². The summed E-state index contributed by atoms with van der Waals surface area (Å²) in [6.45, 7) is 1.24. The number of fused-ring (bicyclic) bond motifs is 1. The van der Waals surface area contributed by atoms with E-state index < -0.39 is 0 Å². The quantitative estimate of drug-likeness (QED) is 0.835. The lowest BCUT2D eigenvalue weighted by Gasteiger charge is -2.40. The Hall–Kier alpha value is -1.02. The molecule has 0 bridgehead atoms. The second-order valence-corrected chi connectivity index (χ2v) is 5.70. The van der Waals surface area contributed by atoms with E-state index in [-0.39, 0.29) is 5.41 Å². The highest BCUT2D eigenvalue weighted by Gasteiger charge is 2.35.